The van der Waals surface area contributed by atoms with Gasteiger partial charge in [0, 0.05) is 10.8 Å². The molecule has 0 aliphatic carbocycles. The summed E-state index contributed by atoms with van der Waals surface area (Å²) in [5.41, 5.74) is 1.05. The topological polar surface area (TPSA) is 40.5 Å². The van der Waals surface area contributed by atoms with Crippen LogP contribution in [-0.2, 0) is 5.41 Å². The molecule has 0 radical (unpaired) electrons. The van der Waals surface area contributed by atoms with Gasteiger partial charge in [0.1, 0.15) is 11.5 Å². The highest BCUT2D eigenvalue weighted by atomic mass is 16.3. The zero-order valence-electron chi connectivity index (χ0n) is 10.5. The van der Waals surface area contributed by atoms with Crippen LogP contribution in [0.25, 0.3) is 10.8 Å². The third-order valence-electron chi connectivity index (χ3n) is 3.61. The van der Waals surface area contributed by atoms with Crippen molar-refractivity contribution in [2.75, 3.05) is 0 Å². The van der Waals surface area contributed by atoms with E-state index in [9.17, 15) is 10.2 Å². The van der Waals surface area contributed by atoms with Crippen LogP contribution in [0.15, 0.2) is 30.3 Å². The summed E-state index contributed by atoms with van der Waals surface area (Å²) in [6, 6.07) is 8.85. The molecule has 2 rings (SSSR count). The van der Waals surface area contributed by atoms with E-state index in [-0.39, 0.29) is 16.9 Å². The van der Waals surface area contributed by atoms with Gasteiger partial charge in [0.2, 0.25) is 0 Å². The first-order chi connectivity index (χ1) is 7.97. The monoisotopic (exact) mass is 230 g/mol. The molecule has 2 aromatic carbocycles. The van der Waals surface area contributed by atoms with Crippen LogP contribution in [0.1, 0.15) is 32.8 Å². The minimum absolute atomic E-state index is 0.0230. The summed E-state index contributed by atoms with van der Waals surface area (Å²) < 4.78 is 0. The van der Waals surface area contributed by atoms with Crippen LogP contribution in [0.2, 0.25) is 0 Å². The zero-order chi connectivity index (χ0) is 12.6. The third kappa shape index (κ3) is 1.84. The van der Waals surface area contributed by atoms with Gasteiger partial charge < -0.3 is 10.2 Å². The molecule has 0 unspecified atom stereocenters. The maximum atomic E-state index is 10.0. The predicted octanol–water partition coefficient (Wildman–Crippen LogP) is 3.94. The van der Waals surface area contributed by atoms with Crippen molar-refractivity contribution < 1.29 is 10.2 Å². The van der Waals surface area contributed by atoms with Gasteiger partial charge in [-0.15, -0.1) is 0 Å². The van der Waals surface area contributed by atoms with E-state index in [2.05, 4.69) is 20.8 Å². The molecule has 0 saturated heterocycles. The van der Waals surface area contributed by atoms with E-state index in [0.717, 1.165) is 17.4 Å². The van der Waals surface area contributed by atoms with Gasteiger partial charge in [0.05, 0.1) is 0 Å². The normalized spacial score (nSPS) is 11.9. The van der Waals surface area contributed by atoms with Gasteiger partial charge in [-0.1, -0.05) is 39.0 Å². The number of aromatic hydroxyl groups is 2. The molecule has 2 heteroatoms. The lowest BCUT2D eigenvalue weighted by atomic mass is 9.79. The highest BCUT2D eigenvalue weighted by Crippen LogP contribution is 2.40. The maximum absolute atomic E-state index is 10.0. The second kappa shape index (κ2) is 3.95. The summed E-state index contributed by atoms with van der Waals surface area (Å²) in [5.74, 6) is 0.446. The fourth-order valence-electron chi connectivity index (χ4n) is 2.13. The highest BCUT2D eigenvalue weighted by Gasteiger charge is 2.22. The number of benzene rings is 2. The van der Waals surface area contributed by atoms with Crippen LogP contribution in [-0.4, -0.2) is 10.2 Å². The molecule has 0 atom stereocenters. The minimum atomic E-state index is -0.0230. The third-order valence-corrected chi connectivity index (χ3v) is 3.61. The van der Waals surface area contributed by atoms with Gasteiger partial charge in [-0.05, 0) is 29.5 Å². The van der Waals surface area contributed by atoms with Crippen molar-refractivity contribution >= 4 is 10.8 Å². The molecule has 90 valence electrons. The summed E-state index contributed by atoms with van der Waals surface area (Å²) in [7, 11) is 0. The summed E-state index contributed by atoms with van der Waals surface area (Å²) in [6.07, 6.45) is 0.973. The Kier molecular flexibility index (Phi) is 2.74. The Morgan fingerprint density at radius 2 is 1.71 bits per heavy atom. The van der Waals surface area contributed by atoms with E-state index in [0.29, 0.717) is 5.39 Å². The first-order valence-electron chi connectivity index (χ1n) is 5.91. The van der Waals surface area contributed by atoms with Crippen LogP contribution in [0, 0.1) is 0 Å². The highest BCUT2D eigenvalue weighted by molar-refractivity contribution is 5.96. The number of hydrogen-bond donors (Lipinski definition) is 2. The van der Waals surface area contributed by atoms with Gasteiger partial charge >= 0.3 is 0 Å². The summed E-state index contributed by atoms with van der Waals surface area (Å²) in [5, 5.41) is 21.3. The van der Waals surface area contributed by atoms with Crippen LogP contribution in [0.4, 0.5) is 0 Å². The van der Waals surface area contributed by atoms with Crippen LogP contribution < -0.4 is 0 Å². The quantitative estimate of drug-likeness (QED) is 0.820. The first kappa shape index (κ1) is 11.8. The Morgan fingerprint density at radius 1 is 1.00 bits per heavy atom. The average Bonchev–Trinajstić information content (AvgIpc) is 2.30. The molecular weight excluding hydrogens is 212 g/mol. The van der Waals surface area contributed by atoms with Crippen molar-refractivity contribution in [3.8, 4) is 11.5 Å². The Labute approximate surface area is 102 Å². The van der Waals surface area contributed by atoms with E-state index in [4.69, 9.17) is 0 Å². The molecule has 0 aromatic heterocycles. The van der Waals surface area contributed by atoms with Crippen molar-refractivity contribution in [1.29, 1.82) is 0 Å². The second-order valence-corrected chi connectivity index (χ2v) is 5.07. The van der Waals surface area contributed by atoms with E-state index < -0.39 is 0 Å². The van der Waals surface area contributed by atoms with Gasteiger partial charge in [-0.3, -0.25) is 0 Å². The lowest BCUT2D eigenvalue weighted by molar-refractivity contribution is 0.468. The largest absolute Gasteiger partial charge is 0.507 e. The molecule has 2 N–H and O–H groups in total. The molecule has 0 spiro atoms. The molecule has 0 aliphatic rings. The smallest absolute Gasteiger partial charge is 0.123 e. The summed E-state index contributed by atoms with van der Waals surface area (Å²) in [6.45, 7) is 6.41. The van der Waals surface area contributed by atoms with Crippen LogP contribution in [0.5, 0.6) is 11.5 Å². The first-order valence-corrected chi connectivity index (χ1v) is 5.91. The SMILES string of the molecule is CCC(C)(C)c1ccc(O)c2cccc(O)c12. The molecular formula is C15H18O2. The Morgan fingerprint density at radius 3 is 2.35 bits per heavy atom. The maximum Gasteiger partial charge on any atom is 0.123 e. The van der Waals surface area contributed by atoms with Gasteiger partial charge in [0.25, 0.3) is 0 Å². The van der Waals surface area contributed by atoms with E-state index in [1.165, 1.54) is 0 Å². The number of fused-ring (bicyclic) bond motifs is 1. The standard InChI is InChI=1S/C15H18O2/c1-4-15(2,3)11-8-9-12(16)10-6-5-7-13(17)14(10)11/h5-9,16-17H,4H2,1-3H3. The fourth-order valence-corrected chi connectivity index (χ4v) is 2.13. The van der Waals surface area contributed by atoms with Crippen molar-refractivity contribution in [3.63, 3.8) is 0 Å². The zero-order valence-corrected chi connectivity index (χ0v) is 10.5. The molecule has 0 aliphatic heterocycles. The second-order valence-electron chi connectivity index (χ2n) is 5.07. The minimum Gasteiger partial charge on any atom is -0.507 e. The Bertz CT molecular complexity index is 556. The van der Waals surface area contributed by atoms with E-state index >= 15 is 0 Å². The number of hydrogen-bond acceptors (Lipinski definition) is 2. The van der Waals surface area contributed by atoms with Crippen LogP contribution in [0.3, 0.4) is 0 Å². The molecule has 0 saturated carbocycles. The van der Waals surface area contributed by atoms with Crippen molar-refractivity contribution in [2.24, 2.45) is 0 Å². The van der Waals surface area contributed by atoms with Crippen molar-refractivity contribution in [3.05, 3.63) is 35.9 Å². The lowest BCUT2D eigenvalue weighted by Gasteiger charge is -2.25. The van der Waals surface area contributed by atoms with E-state index in [1.54, 1.807) is 18.2 Å². The molecule has 17 heavy (non-hydrogen) atoms. The Balaban J connectivity index is 2.87. The summed E-state index contributed by atoms with van der Waals surface area (Å²) >= 11 is 0. The molecule has 0 fully saturated rings. The average molecular weight is 230 g/mol. The van der Waals surface area contributed by atoms with Crippen molar-refractivity contribution in [2.45, 2.75) is 32.6 Å². The van der Waals surface area contributed by atoms with Crippen LogP contribution >= 0.6 is 0 Å². The number of phenolic OH excluding ortho intramolecular Hbond substituents is 2. The van der Waals surface area contributed by atoms with Gasteiger partial charge in [-0.2, -0.15) is 0 Å². The molecule has 0 amide bonds. The summed E-state index contributed by atoms with van der Waals surface area (Å²) in [4.78, 5) is 0. The molecule has 2 nitrogen and oxygen atoms in total. The predicted molar refractivity (Wildman–Crippen MR) is 70.6 cm³/mol. The fraction of sp³-hybridized carbons (Fsp3) is 0.333. The molecule has 0 bridgehead atoms. The molecule has 2 aromatic rings. The Hall–Kier alpha value is -1.70. The number of rotatable bonds is 2. The molecule has 0 heterocycles. The van der Waals surface area contributed by atoms with Crippen molar-refractivity contribution in [1.82, 2.24) is 0 Å². The number of phenols is 2. The van der Waals surface area contributed by atoms with E-state index in [1.807, 2.05) is 12.1 Å². The van der Waals surface area contributed by atoms with Gasteiger partial charge in [0.15, 0.2) is 0 Å². The lowest BCUT2D eigenvalue weighted by Crippen LogP contribution is -2.15. The van der Waals surface area contributed by atoms with Gasteiger partial charge in [-0.25, -0.2) is 0 Å².